The molecule has 29 heavy (non-hydrogen) atoms. The van der Waals surface area contributed by atoms with E-state index in [0.717, 1.165) is 0 Å². The molecule has 0 aliphatic carbocycles. The smallest absolute Gasteiger partial charge is 0.414 e. The number of anilines is 1. The van der Waals surface area contributed by atoms with Crippen molar-refractivity contribution in [3.05, 3.63) is 77.2 Å². The summed E-state index contributed by atoms with van der Waals surface area (Å²) in [6, 6.07) is 17.4. The van der Waals surface area contributed by atoms with Crippen LogP contribution >= 0.6 is 11.3 Å². The lowest BCUT2D eigenvalue weighted by atomic mass is 10.2. The van der Waals surface area contributed by atoms with Crippen LogP contribution in [0.5, 0.6) is 11.5 Å². The summed E-state index contributed by atoms with van der Waals surface area (Å²) >= 11 is 1.18. The molecule has 0 spiro atoms. The first-order valence-electron chi connectivity index (χ1n) is 8.76. The van der Waals surface area contributed by atoms with Gasteiger partial charge in [-0.15, -0.1) is 11.3 Å². The summed E-state index contributed by atoms with van der Waals surface area (Å²) < 4.78 is 10.4. The van der Waals surface area contributed by atoms with Gasteiger partial charge in [0.2, 0.25) is 0 Å². The van der Waals surface area contributed by atoms with Crippen LogP contribution in [-0.4, -0.2) is 24.5 Å². The van der Waals surface area contributed by atoms with E-state index in [0.29, 0.717) is 22.1 Å². The molecule has 0 atom stereocenters. The lowest BCUT2D eigenvalue weighted by Crippen LogP contribution is -2.31. The van der Waals surface area contributed by atoms with Crippen molar-refractivity contribution in [2.24, 2.45) is 0 Å². The first kappa shape index (κ1) is 20.1. The van der Waals surface area contributed by atoms with Gasteiger partial charge in [0.1, 0.15) is 16.5 Å². The van der Waals surface area contributed by atoms with Gasteiger partial charge in [0, 0.05) is 5.56 Å². The van der Waals surface area contributed by atoms with Crippen LogP contribution < -0.4 is 15.4 Å². The predicted molar refractivity (Wildman–Crippen MR) is 110 cm³/mol. The van der Waals surface area contributed by atoms with Crippen molar-refractivity contribution in [3.63, 3.8) is 0 Å². The second-order valence-electron chi connectivity index (χ2n) is 5.73. The number of rotatable bonds is 6. The zero-order valence-corrected chi connectivity index (χ0v) is 16.3. The normalized spacial score (nSPS) is 10.1. The van der Waals surface area contributed by atoms with Crippen LogP contribution in [0.3, 0.4) is 0 Å². The van der Waals surface area contributed by atoms with Gasteiger partial charge in [-0.2, -0.15) is 0 Å². The fourth-order valence-electron chi connectivity index (χ4n) is 2.39. The van der Waals surface area contributed by atoms with E-state index in [9.17, 15) is 14.4 Å². The highest BCUT2D eigenvalue weighted by Gasteiger charge is 2.18. The molecular formula is C21H18N2O5S. The Morgan fingerprint density at radius 1 is 0.897 bits per heavy atom. The molecular weight excluding hydrogens is 392 g/mol. The molecule has 0 aliphatic rings. The van der Waals surface area contributed by atoms with E-state index in [1.54, 1.807) is 36.6 Å². The van der Waals surface area contributed by atoms with Crippen LogP contribution in [0.1, 0.15) is 27.6 Å². The van der Waals surface area contributed by atoms with E-state index in [1.165, 1.54) is 17.4 Å². The molecule has 0 unspecified atom stereocenters. The number of carbonyl (C=O) groups is 3. The first-order chi connectivity index (χ1) is 14.1. The Bertz CT molecular complexity index is 999. The third-order valence-corrected chi connectivity index (χ3v) is 4.55. The van der Waals surface area contributed by atoms with Gasteiger partial charge in [0.15, 0.2) is 0 Å². The summed E-state index contributed by atoms with van der Waals surface area (Å²) in [5.41, 5.74) is 0.580. The van der Waals surface area contributed by atoms with Crippen molar-refractivity contribution in [1.29, 1.82) is 0 Å². The Morgan fingerprint density at radius 3 is 2.28 bits per heavy atom. The number of thiophene rings is 1. The zero-order valence-electron chi connectivity index (χ0n) is 15.5. The maximum Gasteiger partial charge on any atom is 0.414 e. The maximum absolute atomic E-state index is 12.5. The van der Waals surface area contributed by atoms with Crippen LogP contribution in [0, 0.1) is 0 Å². The molecule has 3 aromatic rings. The average Bonchev–Trinajstić information content (AvgIpc) is 3.17. The van der Waals surface area contributed by atoms with E-state index in [1.807, 2.05) is 30.3 Å². The molecule has 0 aliphatic heterocycles. The Balaban J connectivity index is 1.64. The molecule has 3 rings (SSSR count). The number of carbonyl (C=O) groups excluding carboxylic acids is 3. The molecule has 148 valence electrons. The van der Waals surface area contributed by atoms with Gasteiger partial charge in [-0.05, 0) is 54.8 Å². The molecule has 3 amide bonds. The minimum absolute atomic E-state index is 0.149. The monoisotopic (exact) mass is 410 g/mol. The van der Waals surface area contributed by atoms with Crippen molar-refractivity contribution in [2.75, 3.05) is 11.9 Å². The molecule has 8 heteroatoms. The number of ether oxygens (including phenoxy) is 2. The summed E-state index contributed by atoms with van der Waals surface area (Å²) in [6.45, 7) is 1.78. The van der Waals surface area contributed by atoms with Gasteiger partial charge in [-0.1, -0.05) is 18.2 Å². The van der Waals surface area contributed by atoms with Gasteiger partial charge in [-0.3, -0.25) is 14.9 Å². The van der Waals surface area contributed by atoms with Crippen LogP contribution in [0.4, 0.5) is 9.80 Å². The largest absolute Gasteiger partial charge is 0.457 e. The molecule has 0 fully saturated rings. The third-order valence-electron chi connectivity index (χ3n) is 3.72. The molecule has 0 bridgehead atoms. The van der Waals surface area contributed by atoms with Crippen molar-refractivity contribution in [1.82, 2.24) is 5.32 Å². The topological polar surface area (TPSA) is 93.7 Å². The standard InChI is InChI=1S/C21H18N2O5S/c1-2-27-21(26)23-19(25)17-12-13-29-20(17)22-18(24)14-8-10-16(11-9-14)28-15-6-4-3-5-7-15/h3-13H,2H2,1H3,(H,22,24)(H,23,25,26). The second kappa shape index (κ2) is 9.52. The number of hydrogen-bond acceptors (Lipinski definition) is 6. The Labute approximate surface area is 171 Å². The van der Waals surface area contributed by atoms with Crippen molar-refractivity contribution < 1.29 is 23.9 Å². The minimum atomic E-state index is -0.838. The highest BCUT2D eigenvalue weighted by molar-refractivity contribution is 7.14. The van der Waals surface area contributed by atoms with Gasteiger partial charge >= 0.3 is 6.09 Å². The number of hydrogen-bond donors (Lipinski definition) is 2. The summed E-state index contributed by atoms with van der Waals surface area (Å²) in [7, 11) is 0. The number of alkyl carbamates (subject to hydrolysis) is 1. The molecule has 2 aromatic carbocycles. The van der Waals surface area contributed by atoms with Crippen molar-refractivity contribution in [2.45, 2.75) is 6.92 Å². The number of imide groups is 1. The van der Waals surface area contributed by atoms with Gasteiger partial charge in [0.05, 0.1) is 12.2 Å². The van der Waals surface area contributed by atoms with Crippen molar-refractivity contribution >= 4 is 34.2 Å². The fraction of sp³-hybridized carbons (Fsp3) is 0.0952. The highest BCUT2D eigenvalue weighted by atomic mass is 32.1. The molecule has 0 radical (unpaired) electrons. The molecule has 1 heterocycles. The molecule has 1 aromatic heterocycles. The predicted octanol–water partition coefficient (Wildman–Crippen LogP) is 4.68. The van der Waals surface area contributed by atoms with Gasteiger partial charge in [0.25, 0.3) is 11.8 Å². The second-order valence-corrected chi connectivity index (χ2v) is 6.65. The molecule has 0 saturated carbocycles. The SMILES string of the molecule is CCOC(=O)NC(=O)c1ccsc1NC(=O)c1ccc(Oc2ccccc2)cc1. The summed E-state index contributed by atoms with van der Waals surface area (Å²) in [4.78, 5) is 36.1. The van der Waals surface area contributed by atoms with Crippen LogP contribution in [0.2, 0.25) is 0 Å². The van der Waals surface area contributed by atoms with E-state index < -0.39 is 12.0 Å². The quantitative estimate of drug-likeness (QED) is 0.615. The van der Waals surface area contributed by atoms with Gasteiger partial charge in [-0.25, -0.2) is 4.79 Å². The highest BCUT2D eigenvalue weighted by Crippen LogP contribution is 2.25. The fourth-order valence-corrected chi connectivity index (χ4v) is 3.17. The number of nitrogens with one attached hydrogen (secondary N) is 2. The lowest BCUT2D eigenvalue weighted by molar-refractivity contribution is 0.0926. The van der Waals surface area contributed by atoms with E-state index in [2.05, 4.69) is 15.4 Å². The summed E-state index contributed by atoms with van der Waals surface area (Å²) in [5, 5.41) is 6.77. The Hall–Kier alpha value is -3.65. The Morgan fingerprint density at radius 2 is 1.59 bits per heavy atom. The maximum atomic E-state index is 12.5. The number of amides is 3. The minimum Gasteiger partial charge on any atom is -0.457 e. The third kappa shape index (κ3) is 5.43. The summed E-state index contributed by atoms with van der Waals surface area (Å²) in [6.07, 6.45) is -0.838. The number of benzene rings is 2. The molecule has 7 nitrogen and oxygen atoms in total. The number of para-hydroxylation sites is 1. The van der Waals surface area contributed by atoms with Crippen LogP contribution in [-0.2, 0) is 4.74 Å². The van der Waals surface area contributed by atoms with E-state index in [-0.39, 0.29) is 18.1 Å². The van der Waals surface area contributed by atoms with Crippen LogP contribution in [0.25, 0.3) is 0 Å². The average molecular weight is 410 g/mol. The lowest BCUT2D eigenvalue weighted by Gasteiger charge is -2.08. The van der Waals surface area contributed by atoms with Gasteiger partial charge < -0.3 is 14.8 Å². The van der Waals surface area contributed by atoms with Crippen LogP contribution in [0.15, 0.2) is 66.0 Å². The first-order valence-corrected chi connectivity index (χ1v) is 9.64. The molecule has 2 N–H and O–H groups in total. The van der Waals surface area contributed by atoms with Crippen molar-refractivity contribution in [3.8, 4) is 11.5 Å². The Kier molecular flexibility index (Phi) is 6.59. The van der Waals surface area contributed by atoms with E-state index in [4.69, 9.17) is 4.74 Å². The summed E-state index contributed by atoms with van der Waals surface area (Å²) in [5.74, 6) is 0.259. The zero-order chi connectivity index (χ0) is 20.6. The van der Waals surface area contributed by atoms with E-state index >= 15 is 0 Å². The molecule has 0 saturated heterocycles.